The zero-order chi connectivity index (χ0) is 21.0. The van der Waals surface area contributed by atoms with Crippen LogP contribution in [-0.4, -0.2) is 37.0 Å². The van der Waals surface area contributed by atoms with E-state index in [9.17, 15) is 18.4 Å². The highest BCUT2D eigenvalue weighted by molar-refractivity contribution is 5.92. The molecule has 10 heteroatoms. The predicted octanol–water partition coefficient (Wildman–Crippen LogP) is 4.31. The number of alkyl halides is 3. The molecule has 2 unspecified atom stereocenters. The van der Waals surface area contributed by atoms with Crippen LogP contribution in [0.2, 0.25) is 0 Å². The molecule has 0 amide bonds. The van der Waals surface area contributed by atoms with Gasteiger partial charge in [0.2, 0.25) is 0 Å². The molecule has 152 valence electrons. The molecule has 1 aliphatic carbocycles. The Morgan fingerprint density at radius 2 is 2.03 bits per heavy atom. The molecule has 0 aliphatic heterocycles. The lowest BCUT2D eigenvalue weighted by Crippen LogP contribution is -2.22. The van der Waals surface area contributed by atoms with Crippen molar-refractivity contribution in [3.8, 4) is 17.2 Å². The first-order valence-electron chi connectivity index (χ1n) is 8.97. The van der Waals surface area contributed by atoms with Gasteiger partial charge in [-0.15, -0.1) is 0 Å². The number of halogens is 3. The van der Waals surface area contributed by atoms with E-state index in [1.807, 2.05) is 35.4 Å². The van der Waals surface area contributed by atoms with Crippen molar-refractivity contribution >= 4 is 17.0 Å². The summed E-state index contributed by atoms with van der Waals surface area (Å²) in [4.78, 5) is 16.4. The number of carboxylic acid groups (broad SMARTS) is 1. The van der Waals surface area contributed by atoms with Gasteiger partial charge >= 0.3 is 12.1 Å². The van der Waals surface area contributed by atoms with E-state index in [0.29, 0.717) is 0 Å². The summed E-state index contributed by atoms with van der Waals surface area (Å²) in [5.74, 6) is -2.68. The van der Waals surface area contributed by atoms with Gasteiger partial charge in [-0.05, 0) is 30.5 Å². The molecule has 3 aromatic rings. The number of nitriles is 1. The summed E-state index contributed by atoms with van der Waals surface area (Å²) >= 11 is 0. The molecule has 0 bridgehead atoms. The van der Waals surface area contributed by atoms with E-state index in [-0.39, 0.29) is 12.0 Å². The maximum absolute atomic E-state index is 10.6. The molecule has 4 rings (SSSR count). The SMILES string of the molecule is N#CC1CCCCC1n1cc(-c2ccnc3[nH]ccc23)cn1.O=C(O)C(F)(F)F. The first-order valence-corrected chi connectivity index (χ1v) is 8.97. The highest BCUT2D eigenvalue weighted by Gasteiger charge is 2.38. The molecule has 0 radical (unpaired) electrons. The van der Waals surface area contributed by atoms with Gasteiger partial charge in [0.25, 0.3) is 0 Å². The molecule has 3 aromatic heterocycles. The van der Waals surface area contributed by atoms with Crippen LogP contribution in [-0.2, 0) is 4.79 Å². The number of aromatic amines is 1. The maximum atomic E-state index is 10.6. The minimum atomic E-state index is -5.08. The molecular formula is C19H18F3N5O2. The van der Waals surface area contributed by atoms with E-state index < -0.39 is 12.1 Å². The molecule has 2 atom stereocenters. The van der Waals surface area contributed by atoms with E-state index in [2.05, 4.69) is 27.3 Å². The number of carbonyl (C=O) groups is 1. The number of pyridine rings is 1. The number of hydrogen-bond acceptors (Lipinski definition) is 4. The van der Waals surface area contributed by atoms with Crippen molar-refractivity contribution in [2.75, 3.05) is 0 Å². The first kappa shape index (κ1) is 20.4. The van der Waals surface area contributed by atoms with Crippen LogP contribution in [0.15, 0.2) is 36.9 Å². The van der Waals surface area contributed by atoms with Gasteiger partial charge in [-0.1, -0.05) is 12.8 Å². The van der Waals surface area contributed by atoms with E-state index >= 15 is 0 Å². The first-order chi connectivity index (χ1) is 13.8. The molecule has 1 fully saturated rings. The Bertz CT molecular complexity index is 1030. The van der Waals surface area contributed by atoms with Gasteiger partial charge in [0.05, 0.1) is 24.2 Å². The van der Waals surface area contributed by atoms with Crippen molar-refractivity contribution in [3.63, 3.8) is 0 Å². The second kappa shape index (κ2) is 8.34. The summed E-state index contributed by atoms with van der Waals surface area (Å²) in [7, 11) is 0. The molecule has 3 heterocycles. The molecular weight excluding hydrogens is 387 g/mol. The Morgan fingerprint density at radius 1 is 1.31 bits per heavy atom. The lowest BCUT2D eigenvalue weighted by Gasteiger charge is -2.26. The molecule has 1 saturated carbocycles. The number of nitrogens with zero attached hydrogens (tertiary/aromatic N) is 4. The fourth-order valence-corrected chi connectivity index (χ4v) is 3.45. The maximum Gasteiger partial charge on any atom is 0.490 e. The third kappa shape index (κ3) is 4.56. The van der Waals surface area contributed by atoms with Gasteiger partial charge in [0, 0.05) is 29.5 Å². The van der Waals surface area contributed by atoms with E-state index in [4.69, 9.17) is 9.90 Å². The van der Waals surface area contributed by atoms with Crippen LogP contribution in [0.4, 0.5) is 13.2 Å². The van der Waals surface area contributed by atoms with E-state index in [1.54, 1.807) is 0 Å². The molecule has 29 heavy (non-hydrogen) atoms. The third-order valence-corrected chi connectivity index (χ3v) is 4.85. The standard InChI is InChI=1S/C17H17N5.C2HF3O2/c18-9-12-3-1-2-4-16(12)22-11-13(10-21-22)14-5-7-19-17-15(14)6-8-20-17;3-2(4,5)1(6)7/h5-8,10-12,16H,1-4H2,(H,19,20);(H,6,7). The number of aliphatic carboxylic acids is 1. The largest absolute Gasteiger partial charge is 0.490 e. The number of hydrogen-bond donors (Lipinski definition) is 2. The van der Waals surface area contributed by atoms with Crippen LogP contribution in [0.25, 0.3) is 22.2 Å². The van der Waals surface area contributed by atoms with Gasteiger partial charge in [-0.25, -0.2) is 9.78 Å². The Labute approximate surface area is 163 Å². The third-order valence-electron chi connectivity index (χ3n) is 4.85. The van der Waals surface area contributed by atoms with Gasteiger partial charge in [0.1, 0.15) is 5.65 Å². The smallest absolute Gasteiger partial charge is 0.475 e. The topological polar surface area (TPSA) is 108 Å². The van der Waals surface area contributed by atoms with Gasteiger partial charge in [-0.2, -0.15) is 23.5 Å². The lowest BCUT2D eigenvalue weighted by atomic mass is 9.85. The normalized spacial score (nSPS) is 19.2. The predicted molar refractivity (Wildman–Crippen MR) is 97.6 cm³/mol. The number of rotatable bonds is 2. The fourth-order valence-electron chi connectivity index (χ4n) is 3.45. The molecule has 7 nitrogen and oxygen atoms in total. The summed E-state index contributed by atoms with van der Waals surface area (Å²) in [6.07, 6.45) is 6.94. The van der Waals surface area contributed by atoms with Gasteiger partial charge in [-0.3, -0.25) is 4.68 Å². The molecule has 0 saturated heterocycles. The van der Waals surface area contributed by atoms with E-state index in [1.165, 1.54) is 6.42 Å². The van der Waals surface area contributed by atoms with Crippen LogP contribution in [0.5, 0.6) is 0 Å². The second-order valence-corrected chi connectivity index (χ2v) is 6.70. The minimum Gasteiger partial charge on any atom is -0.475 e. The summed E-state index contributed by atoms with van der Waals surface area (Å²) in [5, 5.41) is 22.1. The summed E-state index contributed by atoms with van der Waals surface area (Å²) < 4.78 is 33.7. The molecule has 0 spiro atoms. The van der Waals surface area contributed by atoms with Crippen LogP contribution in [0.3, 0.4) is 0 Å². The van der Waals surface area contributed by atoms with E-state index in [0.717, 1.165) is 41.4 Å². The van der Waals surface area contributed by atoms with Crippen LogP contribution < -0.4 is 0 Å². The fraction of sp³-hybridized carbons (Fsp3) is 0.368. The molecule has 0 aromatic carbocycles. The number of fused-ring (bicyclic) bond motifs is 1. The highest BCUT2D eigenvalue weighted by atomic mass is 19.4. The zero-order valence-electron chi connectivity index (χ0n) is 15.2. The van der Waals surface area contributed by atoms with Crippen molar-refractivity contribution in [3.05, 3.63) is 36.9 Å². The van der Waals surface area contributed by atoms with Gasteiger partial charge < -0.3 is 10.1 Å². The average molecular weight is 405 g/mol. The number of nitrogens with one attached hydrogen (secondary N) is 1. The Morgan fingerprint density at radius 3 is 2.72 bits per heavy atom. The van der Waals surface area contributed by atoms with Crippen LogP contribution >= 0.6 is 0 Å². The molecule has 1 aliphatic rings. The van der Waals surface area contributed by atoms with Crippen molar-refractivity contribution in [1.29, 1.82) is 5.26 Å². The lowest BCUT2D eigenvalue weighted by molar-refractivity contribution is -0.192. The van der Waals surface area contributed by atoms with Crippen molar-refractivity contribution in [2.24, 2.45) is 5.92 Å². The number of aromatic nitrogens is 4. The average Bonchev–Trinajstić information content (AvgIpc) is 3.37. The minimum absolute atomic E-state index is 0.0752. The Hall–Kier alpha value is -3.35. The highest BCUT2D eigenvalue weighted by Crippen LogP contribution is 2.34. The number of carboxylic acids is 1. The zero-order valence-corrected chi connectivity index (χ0v) is 15.2. The molecule has 2 N–H and O–H groups in total. The van der Waals surface area contributed by atoms with Crippen molar-refractivity contribution in [1.82, 2.24) is 19.7 Å². The summed E-state index contributed by atoms with van der Waals surface area (Å²) in [6.45, 7) is 0. The van der Waals surface area contributed by atoms with Crippen molar-refractivity contribution in [2.45, 2.75) is 37.9 Å². The monoisotopic (exact) mass is 405 g/mol. The van der Waals surface area contributed by atoms with Crippen LogP contribution in [0.1, 0.15) is 31.7 Å². The summed E-state index contributed by atoms with van der Waals surface area (Å²) in [5.41, 5.74) is 3.09. The summed E-state index contributed by atoms with van der Waals surface area (Å²) in [6, 6.07) is 6.71. The second-order valence-electron chi connectivity index (χ2n) is 6.70. The van der Waals surface area contributed by atoms with Crippen LogP contribution in [0, 0.1) is 17.2 Å². The van der Waals surface area contributed by atoms with Gasteiger partial charge in [0.15, 0.2) is 0 Å². The Balaban J connectivity index is 0.000000298. The quantitative estimate of drug-likeness (QED) is 0.660. The van der Waals surface area contributed by atoms with Crippen molar-refractivity contribution < 1.29 is 23.1 Å². The number of H-pyrrole nitrogens is 1. The Kier molecular flexibility index (Phi) is 5.87.